The van der Waals surface area contributed by atoms with Crippen LogP contribution in [0, 0.1) is 3.57 Å². The first-order chi connectivity index (χ1) is 8.70. The third kappa shape index (κ3) is 3.26. The molecule has 0 heterocycles. The van der Waals surface area contributed by atoms with Crippen LogP contribution < -0.4 is 5.32 Å². The number of halogens is 1. The molecule has 0 spiro atoms. The molecule has 0 aliphatic carbocycles. The van der Waals surface area contributed by atoms with Gasteiger partial charge in [0.1, 0.15) is 0 Å². The molecule has 18 heavy (non-hydrogen) atoms. The first kappa shape index (κ1) is 13.4. The quantitative estimate of drug-likeness (QED) is 0.647. The monoisotopic (exact) mass is 369 g/mol. The van der Waals surface area contributed by atoms with Crippen molar-refractivity contribution in [1.29, 1.82) is 0 Å². The summed E-state index contributed by atoms with van der Waals surface area (Å²) in [4.78, 5) is 13.1. The Morgan fingerprint density at radius 3 is 2.44 bits per heavy atom. The lowest BCUT2D eigenvalue weighted by Gasteiger charge is -2.08. The third-order valence-corrected chi connectivity index (χ3v) is 3.97. The van der Waals surface area contributed by atoms with E-state index in [0.717, 1.165) is 14.2 Å². The lowest BCUT2D eigenvalue weighted by molar-refractivity contribution is 0.102. The van der Waals surface area contributed by atoms with Gasteiger partial charge in [-0.25, -0.2) is 0 Å². The lowest BCUT2D eigenvalue weighted by atomic mass is 10.2. The minimum atomic E-state index is -0.0684. The van der Waals surface area contributed by atoms with Gasteiger partial charge in [-0.2, -0.15) is 0 Å². The van der Waals surface area contributed by atoms with E-state index in [1.807, 2.05) is 54.8 Å². The molecule has 2 aromatic rings. The molecule has 0 aliphatic heterocycles. The Morgan fingerprint density at radius 2 is 1.78 bits per heavy atom. The van der Waals surface area contributed by atoms with Gasteiger partial charge < -0.3 is 5.32 Å². The summed E-state index contributed by atoms with van der Waals surface area (Å²) in [5.74, 6) is -0.0684. The van der Waals surface area contributed by atoms with Crippen molar-refractivity contribution in [3.63, 3.8) is 0 Å². The number of benzene rings is 2. The fraction of sp³-hybridized carbons (Fsp3) is 0.0714. The number of carbonyl (C=O) groups excluding carboxylic acids is 1. The molecule has 0 atom stereocenters. The number of carbonyl (C=O) groups is 1. The van der Waals surface area contributed by atoms with E-state index >= 15 is 0 Å². The molecule has 1 N–H and O–H groups in total. The highest BCUT2D eigenvalue weighted by molar-refractivity contribution is 14.1. The maximum atomic E-state index is 12.2. The van der Waals surface area contributed by atoms with E-state index in [9.17, 15) is 4.79 Å². The van der Waals surface area contributed by atoms with Gasteiger partial charge >= 0.3 is 0 Å². The standard InChI is InChI=1S/C14H12INOS/c1-18-13-5-3-2-4-12(13)14(17)16-11-8-6-10(15)7-9-11/h2-9H,1H3,(H,16,17). The van der Waals surface area contributed by atoms with Crippen molar-refractivity contribution in [2.45, 2.75) is 4.90 Å². The molecule has 0 saturated heterocycles. The van der Waals surface area contributed by atoms with Gasteiger partial charge in [0.05, 0.1) is 5.56 Å². The van der Waals surface area contributed by atoms with Crippen LogP contribution in [-0.4, -0.2) is 12.2 Å². The minimum absolute atomic E-state index is 0.0684. The summed E-state index contributed by atoms with van der Waals surface area (Å²) in [6.45, 7) is 0. The topological polar surface area (TPSA) is 29.1 Å². The van der Waals surface area contributed by atoms with Crippen molar-refractivity contribution in [2.75, 3.05) is 11.6 Å². The largest absolute Gasteiger partial charge is 0.322 e. The average Bonchev–Trinajstić information content (AvgIpc) is 2.41. The first-order valence-corrected chi connectivity index (χ1v) is 7.71. The van der Waals surface area contributed by atoms with Crippen molar-refractivity contribution >= 4 is 45.9 Å². The zero-order valence-corrected chi connectivity index (χ0v) is 12.8. The summed E-state index contributed by atoms with van der Waals surface area (Å²) in [5, 5.41) is 2.90. The number of amides is 1. The van der Waals surface area contributed by atoms with Crippen LogP contribution in [0.1, 0.15) is 10.4 Å². The summed E-state index contributed by atoms with van der Waals surface area (Å²) in [5.41, 5.74) is 1.53. The Bertz CT molecular complexity index is 554. The summed E-state index contributed by atoms with van der Waals surface area (Å²) >= 11 is 3.81. The van der Waals surface area contributed by atoms with Crippen molar-refractivity contribution in [2.24, 2.45) is 0 Å². The molecule has 4 heteroatoms. The predicted molar refractivity (Wildman–Crippen MR) is 85.3 cm³/mol. The normalized spacial score (nSPS) is 10.1. The van der Waals surface area contributed by atoms with Crippen LogP contribution in [-0.2, 0) is 0 Å². The fourth-order valence-corrected chi connectivity index (χ4v) is 2.52. The van der Waals surface area contributed by atoms with Gasteiger partial charge in [-0.05, 0) is 65.2 Å². The minimum Gasteiger partial charge on any atom is -0.322 e. The highest BCUT2D eigenvalue weighted by Crippen LogP contribution is 2.21. The van der Waals surface area contributed by atoms with Crippen molar-refractivity contribution in [1.82, 2.24) is 0 Å². The molecule has 0 unspecified atom stereocenters. The second-order valence-corrected chi connectivity index (χ2v) is 5.76. The summed E-state index contributed by atoms with van der Waals surface area (Å²) in [6, 6.07) is 15.4. The van der Waals surface area contributed by atoms with Crippen molar-refractivity contribution < 1.29 is 4.79 Å². The molecule has 0 saturated carbocycles. The second-order valence-electron chi connectivity index (χ2n) is 3.66. The van der Waals surface area contributed by atoms with E-state index in [-0.39, 0.29) is 5.91 Å². The zero-order valence-electron chi connectivity index (χ0n) is 9.81. The van der Waals surface area contributed by atoms with Crippen LogP contribution in [0.5, 0.6) is 0 Å². The highest BCUT2D eigenvalue weighted by Gasteiger charge is 2.10. The van der Waals surface area contributed by atoms with Gasteiger partial charge in [-0.1, -0.05) is 12.1 Å². The Hall–Kier alpha value is -1.01. The molecule has 92 valence electrons. The molecule has 2 aromatic carbocycles. The van der Waals surface area contributed by atoms with Crippen LogP contribution in [0.4, 0.5) is 5.69 Å². The second kappa shape index (κ2) is 6.24. The SMILES string of the molecule is CSc1ccccc1C(=O)Nc1ccc(I)cc1. The number of hydrogen-bond acceptors (Lipinski definition) is 2. The summed E-state index contributed by atoms with van der Waals surface area (Å²) in [7, 11) is 0. The van der Waals surface area contributed by atoms with Crippen LogP contribution >= 0.6 is 34.4 Å². The average molecular weight is 369 g/mol. The van der Waals surface area contributed by atoms with Crippen molar-refractivity contribution in [3.8, 4) is 0 Å². The van der Waals surface area contributed by atoms with E-state index in [0.29, 0.717) is 5.56 Å². The Kier molecular flexibility index (Phi) is 4.66. The molecule has 0 fully saturated rings. The Balaban J connectivity index is 2.19. The molecule has 2 nitrogen and oxygen atoms in total. The maximum absolute atomic E-state index is 12.2. The number of anilines is 1. The molecule has 1 amide bonds. The van der Waals surface area contributed by atoms with Gasteiger partial charge in [0.15, 0.2) is 0 Å². The van der Waals surface area contributed by atoms with Gasteiger partial charge in [-0.3, -0.25) is 4.79 Å². The van der Waals surface area contributed by atoms with Crippen LogP contribution in [0.2, 0.25) is 0 Å². The Morgan fingerprint density at radius 1 is 1.11 bits per heavy atom. The molecule has 0 radical (unpaired) electrons. The van der Waals surface area contributed by atoms with Crippen LogP contribution in [0.25, 0.3) is 0 Å². The number of hydrogen-bond donors (Lipinski definition) is 1. The molecule has 0 aromatic heterocycles. The first-order valence-electron chi connectivity index (χ1n) is 5.40. The summed E-state index contributed by atoms with van der Waals surface area (Å²) < 4.78 is 1.15. The molecule has 0 bridgehead atoms. The van der Waals surface area contributed by atoms with Crippen molar-refractivity contribution in [3.05, 3.63) is 57.7 Å². The molecule has 0 aliphatic rings. The lowest BCUT2D eigenvalue weighted by Crippen LogP contribution is -2.12. The smallest absolute Gasteiger partial charge is 0.256 e. The van der Waals surface area contributed by atoms with Gasteiger partial charge in [-0.15, -0.1) is 11.8 Å². The van der Waals surface area contributed by atoms with Gasteiger partial charge in [0.25, 0.3) is 5.91 Å². The number of nitrogens with one attached hydrogen (secondary N) is 1. The summed E-state index contributed by atoms with van der Waals surface area (Å²) in [6.07, 6.45) is 1.97. The van der Waals surface area contributed by atoms with E-state index in [4.69, 9.17) is 0 Å². The number of rotatable bonds is 3. The zero-order chi connectivity index (χ0) is 13.0. The van der Waals surface area contributed by atoms with E-state index in [1.165, 1.54) is 0 Å². The molecular weight excluding hydrogens is 357 g/mol. The third-order valence-electron chi connectivity index (χ3n) is 2.45. The fourth-order valence-electron chi connectivity index (χ4n) is 1.56. The Labute approximate surface area is 124 Å². The predicted octanol–water partition coefficient (Wildman–Crippen LogP) is 4.27. The van der Waals surface area contributed by atoms with E-state index in [2.05, 4.69) is 27.9 Å². The molecule has 2 rings (SSSR count). The molecular formula is C14H12INOS. The van der Waals surface area contributed by atoms with E-state index < -0.39 is 0 Å². The highest BCUT2D eigenvalue weighted by atomic mass is 127. The van der Waals surface area contributed by atoms with Gasteiger partial charge in [0.2, 0.25) is 0 Å². The van der Waals surface area contributed by atoms with E-state index in [1.54, 1.807) is 11.8 Å². The number of thioether (sulfide) groups is 1. The van der Waals surface area contributed by atoms with Crippen LogP contribution in [0.15, 0.2) is 53.4 Å². The maximum Gasteiger partial charge on any atom is 0.256 e. The van der Waals surface area contributed by atoms with Crippen LogP contribution in [0.3, 0.4) is 0 Å². The van der Waals surface area contributed by atoms with Gasteiger partial charge in [0, 0.05) is 14.2 Å².